The first kappa shape index (κ1) is 13.5. The Morgan fingerprint density at radius 3 is 2.79 bits per heavy atom. The summed E-state index contributed by atoms with van der Waals surface area (Å²) in [7, 11) is 0. The van der Waals surface area contributed by atoms with Crippen LogP contribution in [0.15, 0.2) is 29.6 Å². The lowest BCUT2D eigenvalue weighted by Crippen LogP contribution is -2.22. The third-order valence-electron chi connectivity index (χ3n) is 2.42. The second-order valence-corrected chi connectivity index (χ2v) is 4.44. The van der Waals surface area contributed by atoms with Gasteiger partial charge in [0.25, 0.3) is 0 Å². The summed E-state index contributed by atoms with van der Waals surface area (Å²) in [5, 5.41) is 3.54. The first-order valence-electron chi connectivity index (χ1n) is 5.96. The van der Waals surface area contributed by atoms with Crippen LogP contribution in [0.4, 0.5) is 5.82 Å². The molecule has 6 nitrogen and oxygen atoms in total. The minimum atomic E-state index is -0.362. The molecule has 100 valence electrons. The minimum Gasteiger partial charge on any atom is -0.369 e. The van der Waals surface area contributed by atoms with Gasteiger partial charge in [-0.1, -0.05) is 18.5 Å². The first-order valence-corrected chi connectivity index (χ1v) is 6.33. The molecule has 0 aliphatic rings. The molecular formula is C12H14ClN5O. The largest absolute Gasteiger partial charge is 0.369 e. The quantitative estimate of drug-likeness (QED) is 0.899. The molecule has 0 fully saturated rings. The molecule has 2 heterocycles. The Labute approximate surface area is 115 Å². The zero-order valence-electron chi connectivity index (χ0n) is 10.5. The molecule has 0 spiro atoms. The molecule has 0 aliphatic heterocycles. The Morgan fingerprint density at radius 2 is 2.11 bits per heavy atom. The van der Waals surface area contributed by atoms with Gasteiger partial charge < -0.3 is 5.32 Å². The van der Waals surface area contributed by atoms with Gasteiger partial charge in [0.1, 0.15) is 5.82 Å². The third kappa shape index (κ3) is 3.75. The van der Waals surface area contributed by atoms with Gasteiger partial charge >= 0.3 is 5.69 Å². The molecule has 0 saturated carbocycles. The Morgan fingerprint density at radius 1 is 1.26 bits per heavy atom. The molecule has 0 saturated heterocycles. The summed E-state index contributed by atoms with van der Waals surface area (Å²) in [4.78, 5) is 23.6. The molecule has 2 aromatic rings. The van der Waals surface area contributed by atoms with Crippen molar-refractivity contribution in [1.82, 2.24) is 19.5 Å². The smallest absolute Gasteiger partial charge is 0.347 e. The van der Waals surface area contributed by atoms with Gasteiger partial charge in [0.15, 0.2) is 0 Å². The number of hydrogen-bond donors (Lipinski definition) is 1. The average Bonchev–Trinajstić information content (AvgIpc) is 2.42. The van der Waals surface area contributed by atoms with Crippen LogP contribution in [0.1, 0.15) is 19.0 Å². The maximum atomic E-state index is 11.5. The Balaban J connectivity index is 2.11. The fourth-order valence-electron chi connectivity index (χ4n) is 1.50. The van der Waals surface area contributed by atoms with E-state index < -0.39 is 0 Å². The highest BCUT2D eigenvalue weighted by Crippen LogP contribution is 2.05. The molecule has 7 heteroatoms. The maximum absolute atomic E-state index is 11.5. The van der Waals surface area contributed by atoms with Crippen LogP contribution in [-0.2, 0) is 6.54 Å². The van der Waals surface area contributed by atoms with Crippen molar-refractivity contribution in [3.8, 4) is 0 Å². The molecule has 19 heavy (non-hydrogen) atoms. The van der Waals surface area contributed by atoms with E-state index in [9.17, 15) is 4.79 Å². The molecule has 0 radical (unpaired) electrons. The number of hydrogen-bond acceptors (Lipinski definition) is 5. The summed E-state index contributed by atoms with van der Waals surface area (Å²) in [5.41, 5.74) is 0.313. The Kier molecular flexibility index (Phi) is 4.46. The van der Waals surface area contributed by atoms with Crippen LogP contribution in [-0.4, -0.2) is 26.1 Å². The topological polar surface area (TPSA) is 72.7 Å². The zero-order chi connectivity index (χ0) is 13.7. The molecule has 0 amide bonds. The van der Waals surface area contributed by atoms with E-state index in [4.69, 9.17) is 11.6 Å². The van der Waals surface area contributed by atoms with Crippen LogP contribution in [0.5, 0.6) is 0 Å². The summed E-state index contributed by atoms with van der Waals surface area (Å²) < 4.78 is 1.39. The van der Waals surface area contributed by atoms with Crippen LogP contribution in [0.2, 0.25) is 5.02 Å². The lowest BCUT2D eigenvalue weighted by Gasteiger charge is -2.06. The van der Waals surface area contributed by atoms with Crippen molar-refractivity contribution >= 4 is 17.4 Å². The number of aromatic nitrogens is 4. The van der Waals surface area contributed by atoms with E-state index in [1.807, 2.05) is 0 Å². The summed E-state index contributed by atoms with van der Waals surface area (Å²) in [6.45, 7) is 3.23. The van der Waals surface area contributed by atoms with Gasteiger partial charge in [-0.05, 0) is 6.42 Å². The molecule has 0 bridgehead atoms. The van der Waals surface area contributed by atoms with Crippen LogP contribution in [0.25, 0.3) is 0 Å². The van der Waals surface area contributed by atoms with E-state index in [-0.39, 0.29) is 5.69 Å². The van der Waals surface area contributed by atoms with Crippen molar-refractivity contribution in [1.29, 1.82) is 0 Å². The van der Waals surface area contributed by atoms with Gasteiger partial charge in [-0.15, -0.1) is 0 Å². The maximum Gasteiger partial charge on any atom is 0.347 e. The molecule has 0 atom stereocenters. The Bertz CT molecular complexity index is 596. The van der Waals surface area contributed by atoms with Gasteiger partial charge in [-0.2, -0.15) is 0 Å². The normalized spacial score (nSPS) is 10.4. The number of halogens is 1. The van der Waals surface area contributed by atoms with Crippen LogP contribution in [0.3, 0.4) is 0 Å². The summed E-state index contributed by atoms with van der Waals surface area (Å²) in [5.74, 6) is 0.724. The van der Waals surface area contributed by atoms with Gasteiger partial charge in [0.2, 0.25) is 0 Å². The highest BCUT2D eigenvalue weighted by atomic mass is 35.5. The van der Waals surface area contributed by atoms with Crippen molar-refractivity contribution in [3.05, 3.63) is 46.0 Å². The van der Waals surface area contributed by atoms with E-state index in [1.165, 1.54) is 17.0 Å². The van der Waals surface area contributed by atoms with E-state index in [0.717, 1.165) is 18.8 Å². The molecular weight excluding hydrogens is 266 g/mol. The van der Waals surface area contributed by atoms with E-state index >= 15 is 0 Å². The van der Waals surface area contributed by atoms with Gasteiger partial charge in [-0.25, -0.2) is 14.8 Å². The summed E-state index contributed by atoms with van der Waals surface area (Å²) in [6, 6.07) is 0. The second-order valence-electron chi connectivity index (χ2n) is 4.00. The van der Waals surface area contributed by atoms with Gasteiger partial charge in [0, 0.05) is 12.7 Å². The number of nitrogens with one attached hydrogen (secondary N) is 1. The monoisotopic (exact) mass is 279 g/mol. The fraction of sp³-hybridized carbons (Fsp3) is 0.333. The first-order chi connectivity index (χ1) is 9.19. The zero-order valence-corrected chi connectivity index (χ0v) is 11.3. The molecule has 2 aromatic heterocycles. The predicted octanol–water partition coefficient (Wildman–Crippen LogP) is 1.56. The summed E-state index contributed by atoms with van der Waals surface area (Å²) >= 11 is 5.80. The second kappa shape index (κ2) is 6.29. The van der Waals surface area contributed by atoms with Crippen molar-refractivity contribution in [2.45, 2.75) is 19.9 Å². The van der Waals surface area contributed by atoms with E-state index in [2.05, 4.69) is 27.2 Å². The molecule has 0 aliphatic carbocycles. The lowest BCUT2D eigenvalue weighted by molar-refractivity contribution is 0.707. The molecule has 2 rings (SSSR count). The number of anilines is 1. The highest BCUT2D eigenvalue weighted by Gasteiger charge is 2.02. The SMILES string of the molecule is CCCNc1cnc(Cn2cc(Cl)cnc2=O)cn1. The standard InChI is InChI=1S/C12H14ClN5O/c1-2-3-14-11-6-15-10(5-16-11)8-18-7-9(13)4-17-12(18)19/h4-7H,2-3,8H2,1H3,(H,14,16). The van der Waals surface area contributed by atoms with Crippen molar-refractivity contribution in [3.63, 3.8) is 0 Å². The van der Waals surface area contributed by atoms with Crippen molar-refractivity contribution < 1.29 is 0 Å². The predicted molar refractivity (Wildman–Crippen MR) is 73.4 cm³/mol. The Hall–Kier alpha value is -1.95. The van der Waals surface area contributed by atoms with Gasteiger partial charge in [-0.3, -0.25) is 9.55 Å². The molecule has 0 unspecified atom stereocenters. The average molecular weight is 280 g/mol. The molecule has 0 aromatic carbocycles. The van der Waals surface area contributed by atoms with Gasteiger partial charge in [0.05, 0.1) is 35.9 Å². The highest BCUT2D eigenvalue weighted by molar-refractivity contribution is 6.30. The number of rotatable bonds is 5. The van der Waals surface area contributed by atoms with E-state index in [1.54, 1.807) is 12.4 Å². The third-order valence-corrected chi connectivity index (χ3v) is 2.61. The fourth-order valence-corrected chi connectivity index (χ4v) is 1.66. The van der Waals surface area contributed by atoms with E-state index in [0.29, 0.717) is 17.3 Å². The van der Waals surface area contributed by atoms with Crippen molar-refractivity contribution in [2.75, 3.05) is 11.9 Å². The van der Waals surface area contributed by atoms with Crippen LogP contribution >= 0.6 is 11.6 Å². The number of nitrogens with zero attached hydrogens (tertiary/aromatic N) is 4. The minimum absolute atomic E-state index is 0.299. The van der Waals surface area contributed by atoms with Crippen LogP contribution < -0.4 is 11.0 Å². The summed E-state index contributed by atoms with van der Waals surface area (Å²) in [6.07, 6.45) is 7.15. The molecule has 1 N–H and O–H groups in total. The van der Waals surface area contributed by atoms with Crippen LogP contribution in [0, 0.1) is 0 Å². The van der Waals surface area contributed by atoms with Crippen molar-refractivity contribution in [2.24, 2.45) is 0 Å². The lowest BCUT2D eigenvalue weighted by atomic mass is 10.4.